The zero-order valence-electron chi connectivity index (χ0n) is 13.5. The second-order valence-corrected chi connectivity index (χ2v) is 6.98. The van der Waals surface area contributed by atoms with Crippen LogP contribution in [0.5, 0.6) is 0 Å². The molecule has 3 unspecified atom stereocenters. The van der Waals surface area contributed by atoms with Crippen LogP contribution in [-0.2, 0) is 0 Å². The van der Waals surface area contributed by atoms with Gasteiger partial charge in [0.15, 0.2) is 5.82 Å². The van der Waals surface area contributed by atoms with Crippen LogP contribution in [0.1, 0.15) is 58.6 Å². The molecule has 1 aliphatic rings. The van der Waals surface area contributed by atoms with Crippen LogP contribution in [0.3, 0.4) is 0 Å². The second-order valence-electron chi connectivity index (χ2n) is 6.98. The lowest BCUT2D eigenvalue weighted by atomic mass is 9.80. The van der Waals surface area contributed by atoms with E-state index in [1.165, 1.54) is 19.3 Å². The molecular weight excluding hydrogens is 260 g/mol. The van der Waals surface area contributed by atoms with Crippen LogP contribution >= 0.6 is 0 Å². The molecule has 1 fully saturated rings. The lowest BCUT2D eigenvalue weighted by molar-refractivity contribution is 0.276. The maximum Gasteiger partial charge on any atom is 0.152 e. The minimum atomic E-state index is 0.437. The van der Waals surface area contributed by atoms with Crippen molar-refractivity contribution in [3.05, 3.63) is 24.2 Å². The molecule has 4 nitrogen and oxygen atoms in total. The zero-order valence-corrected chi connectivity index (χ0v) is 13.5. The largest absolute Gasteiger partial charge is 0.365 e. The van der Waals surface area contributed by atoms with Crippen molar-refractivity contribution < 1.29 is 0 Å². The van der Waals surface area contributed by atoms with Crippen LogP contribution in [0.2, 0.25) is 0 Å². The summed E-state index contributed by atoms with van der Waals surface area (Å²) in [6, 6.07) is 2.69. The van der Waals surface area contributed by atoms with Crippen LogP contribution in [0, 0.1) is 11.8 Å². The van der Waals surface area contributed by atoms with E-state index in [1.54, 1.807) is 0 Å². The van der Waals surface area contributed by atoms with Gasteiger partial charge in [-0.25, -0.2) is 9.50 Å². The predicted octanol–water partition coefficient (Wildman–Crippen LogP) is 4.09. The van der Waals surface area contributed by atoms with Crippen molar-refractivity contribution in [1.29, 1.82) is 0 Å². The monoisotopic (exact) mass is 286 g/mol. The van der Waals surface area contributed by atoms with Crippen LogP contribution < -0.4 is 5.32 Å². The van der Waals surface area contributed by atoms with Gasteiger partial charge in [0.25, 0.3) is 0 Å². The van der Waals surface area contributed by atoms with Gasteiger partial charge in [0.05, 0.1) is 5.69 Å². The highest BCUT2D eigenvalue weighted by molar-refractivity contribution is 5.68. The lowest BCUT2D eigenvalue weighted by Gasteiger charge is -2.33. The maximum absolute atomic E-state index is 4.63. The number of nitrogens with zero attached hydrogens (tertiary/aromatic N) is 3. The molecule has 3 atom stereocenters. The molecule has 0 aromatic carbocycles. The number of aromatic nitrogens is 3. The minimum Gasteiger partial charge on any atom is -0.365 e. The van der Waals surface area contributed by atoms with Crippen molar-refractivity contribution in [2.24, 2.45) is 11.8 Å². The van der Waals surface area contributed by atoms with Crippen LogP contribution in [0.25, 0.3) is 5.52 Å². The molecule has 3 rings (SSSR count). The first-order valence-corrected chi connectivity index (χ1v) is 8.15. The molecule has 0 saturated heterocycles. The number of anilines is 1. The number of fused-ring (bicyclic) bond motifs is 1. The van der Waals surface area contributed by atoms with Gasteiger partial charge in [-0.05, 0) is 43.1 Å². The average Bonchev–Trinajstić information content (AvgIpc) is 2.87. The fraction of sp³-hybridized carbons (Fsp3) is 0.647. The normalized spacial score (nSPS) is 26.4. The zero-order chi connectivity index (χ0) is 15.0. The summed E-state index contributed by atoms with van der Waals surface area (Å²) >= 11 is 0. The fourth-order valence-electron chi connectivity index (χ4n) is 3.39. The third kappa shape index (κ3) is 2.89. The average molecular weight is 286 g/mol. The fourth-order valence-corrected chi connectivity index (χ4v) is 3.39. The van der Waals surface area contributed by atoms with Crippen molar-refractivity contribution in [3.63, 3.8) is 0 Å². The Balaban J connectivity index is 1.86. The highest BCUT2D eigenvalue weighted by Crippen LogP contribution is 2.31. The van der Waals surface area contributed by atoms with Gasteiger partial charge in [-0.1, -0.05) is 27.7 Å². The van der Waals surface area contributed by atoms with Gasteiger partial charge in [-0.15, -0.1) is 0 Å². The highest BCUT2D eigenvalue weighted by Gasteiger charge is 2.26. The molecule has 1 saturated carbocycles. The minimum absolute atomic E-state index is 0.437. The van der Waals surface area contributed by atoms with Crippen molar-refractivity contribution in [2.45, 2.75) is 58.9 Å². The van der Waals surface area contributed by atoms with Gasteiger partial charge in [-0.2, -0.15) is 5.10 Å². The van der Waals surface area contributed by atoms with Crippen LogP contribution in [0.4, 0.5) is 5.82 Å². The summed E-state index contributed by atoms with van der Waals surface area (Å²) in [6.45, 7) is 9.06. The van der Waals surface area contributed by atoms with E-state index in [0.29, 0.717) is 17.9 Å². The molecule has 1 N–H and O–H groups in total. The number of nitrogens with one attached hydrogen (secondary N) is 1. The Morgan fingerprint density at radius 3 is 2.81 bits per heavy atom. The Kier molecular flexibility index (Phi) is 3.87. The SMILES string of the molecule is CC1CCC(Nc2nccn3nc(C(C)C)cc23)C(C)C1. The van der Waals surface area contributed by atoms with Gasteiger partial charge in [-0.3, -0.25) is 0 Å². The van der Waals surface area contributed by atoms with Gasteiger partial charge in [0, 0.05) is 18.4 Å². The van der Waals surface area contributed by atoms with Crippen LogP contribution in [0.15, 0.2) is 18.5 Å². The molecule has 0 spiro atoms. The van der Waals surface area contributed by atoms with E-state index in [2.05, 4.69) is 49.2 Å². The van der Waals surface area contributed by atoms with E-state index in [-0.39, 0.29) is 0 Å². The summed E-state index contributed by atoms with van der Waals surface area (Å²) in [4.78, 5) is 4.56. The van der Waals surface area contributed by atoms with E-state index < -0.39 is 0 Å². The molecule has 114 valence electrons. The topological polar surface area (TPSA) is 42.2 Å². The van der Waals surface area contributed by atoms with Crippen molar-refractivity contribution in [2.75, 3.05) is 5.32 Å². The molecule has 0 bridgehead atoms. The summed E-state index contributed by atoms with van der Waals surface area (Å²) < 4.78 is 1.95. The van der Waals surface area contributed by atoms with Gasteiger partial charge in [0.2, 0.25) is 0 Å². The number of hydrogen-bond donors (Lipinski definition) is 1. The third-order valence-corrected chi connectivity index (χ3v) is 4.75. The van der Waals surface area contributed by atoms with Gasteiger partial charge < -0.3 is 5.32 Å². The van der Waals surface area contributed by atoms with E-state index in [1.807, 2.05) is 16.9 Å². The Morgan fingerprint density at radius 1 is 1.29 bits per heavy atom. The summed E-state index contributed by atoms with van der Waals surface area (Å²) in [5, 5.41) is 8.31. The smallest absolute Gasteiger partial charge is 0.152 e. The van der Waals surface area contributed by atoms with E-state index in [9.17, 15) is 0 Å². The van der Waals surface area contributed by atoms with Crippen molar-refractivity contribution in [3.8, 4) is 0 Å². The van der Waals surface area contributed by atoms with Gasteiger partial charge >= 0.3 is 0 Å². The van der Waals surface area contributed by atoms with Crippen molar-refractivity contribution in [1.82, 2.24) is 14.6 Å². The third-order valence-electron chi connectivity index (χ3n) is 4.75. The molecule has 0 amide bonds. The number of hydrogen-bond acceptors (Lipinski definition) is 3. The molecule has 0 radical (unpaired) electrons. The Morgan fingerprint density at radius 2 is 2.10 bits per heavy atom. The van der Waals surface area contributed by atoms with Gasteiger partial charge in [0.1, 0.15) is 5.52 Å². The lowest BCUT2D eigenvalue weighted by Crippen LogP contribution is -2.33. The van der Waals surface area contributed by atoms with Crippen molar-refractivity contribution >= 4 is 11.3 Å². The quantitative estimate of drug-likeness (QED) is 0.924. The first-order valence-electron chi connectivity index (χ1n) is 8.15. The Bertz CT molecular complexity index is 616. The molecule has 0 aliphatic heterocycles. The standard InChI is InChI=1S/C17H26N4/c1-11(2)15-10-16-17(18-7-8-21(16)20-15)19-14-6-5-12(3)9-13(14)4/h7-8,10-14H,5-6,9H2,1-4H3,(H,18,19). The van der Waals surface area contributed by atoms with E-state index >= 15 is 0 Å². The molecule has 21 heavy (non-hydrogen) atoms. The Labute approximate surface area is 127 Å². The molecule has 2 heterocycles. The molecular formula is C17H26N4. The second kappa shape index (κ2) is 5.66. The molecule has 4 heteroatoms. The molecule has 2 aromatic rings. The summed E-state index contributed by atoms with van der Waals surface area (Å²) in [6.07, 6.45) is 7.61. The van der Waals surface area contributed by atoms with Crippen LogP contribution in [-0.4, -0.2) is 20.6 Å². The highest BCUT2D eigenvalue weighted by atomic mass is 15.2. The molecule has 2 aromatic heterocycles. The first kappa shape index (κ1) is 14.4. The summed E-state index contributed by atoms with van der Waals surface area (Å²) in [7, 11) is 0. The van der Waals surface area contributed by atoms with E-state index in [4.69, 9.17) is 0 Å². The maximum atomic E-state index is 4.63. The summed E-state index contributed by atoms with van der Waals surface area (Å²) in [5.41, 5.74) is 2.21. The summed E-state index contributed by atoms with van der Waals surface area (Å²) in [5.74, 6) is 2.96. The Hall–Kier alpha value is -1.58. The first-order chi connectivity index (χ1) is 10.0. The number of rotatable bonds is 3. The predicted molar refractivity (Wildman–Crippen MR) is 86.7 cm³/mol. The van der Waals surface area contributed by atoms with E-state index in [0.717, 1.165) is 22.9 Å². The molecule has 1 aliphatic carbocycles.